The molecule has 0 spiro atoms. The molecule has 1 fully saturated rings. The number of benzene rings is 1. The molecule has 5 nitrogen and oxygen atoms in total. The van der Waals surface area contributed by atoms with Crippen LogP contribution in [0.5, 0.6) is 5.75 Å². The second-order valence-corrected chi connectivity index (χ2v) is 4.94. The summed E-state index contributed by atoms with van der Waals surface area (Å²) in [6, 6.07) is 6.98. The van der Waals surface area contributed by atoms with Crippen LogP contribution in [0.25, 0.3) is 6.08 Å². The number of nitrogens with zero attached hydrogens (tertiary/aromatic N) is 1. The molecule has 1 aliphatic rings. The Morgan fingerprint density at radius 3 is 2.83 bits per heavy atom. The van der Waals surface area contributed by atoms with Crippen molar-refractivity contribution in [3.05, 3.63) is 48.1 Å². The van der Waals surface area contributed by atoms with Crippen molar-refractivity contribution in [1.82, 2.24) is 10.2 Å². The Labute approximate surface area is 139 Å². The Bertz CT molecular complexity index is 746. The lowest BCUT2D eigenvalue weighted by Crippen LogP contribution is -2.53. The number of para-hydroxylation sites is 1. The fraction of sp³-hybridized carbons (Fsp3) is 0.118. The lowest BCUT2D eigenvalue weighted by atomic mass is 10.1. The highest BCUT2D eigenvalue weighted by molar-refractivity contribution is 7.80. The molecule has 0 atom stereocenters. The Hall–Kier alpha value is -2.91. The van der Waals surface area contributed by atoms with E-state index in [1.54, 1.807) is 24.3 Å². The summed E-state index contributed by atoms with van der Waals surface area (Å²) >= 11 is 5.00. The van der Waals surface area contributed by atoms with Crippen LogP contribution in [0.2, 0.25) is 0 Å². The molecule has 1 aliphatic heterocycles. The minimum atomic E-state index is -0.549. The first-order chi connectivity index (χ1) is 11.1. The average Bonchev–Trinajstić information content (AvgIpc) is 2.54. The van der Waals surface area contributed by atoms with Crippen LogP contribution in [-0.4, -0.2) is 35.0 Å². The number of terminal acetylenes is 1. The molecule has 0 aromatic heterocycles. The van der Waals surface area contributed by atoms with Crippen molar-refractivity contribution < 1.29 is 14.3 Å². The number of nitrogens with one attached hydrogen (secondary N) is 1. The van der Waals surface area contributed by atoms with Gasteiger partial charge >= 0.3 is 0 Å². The van der Waals surface area contributed by atoms with Gasteiger partial charge in [-0.15, -0.1) is 13.0 Å². The summed E-state index contributed by atoms with van der Waals surface area (Å²) in [5, 5.41) is 2.55. The largest absolute Gasteiger partial charge is 0.480 e. The van der Waals surface area contributed by atoms with E-state index in [1.807, 2.05) is 0 Å². The minimum Gasteiger partial charge on any atom is -0.480 e. The molecule has 2 amide bonds. The third-order valence-electron chi connectivity index (χ3n) is 3.03. The molecule has 0 bridgehead atoms. The molecule has 6 heteroatoms. The molecular weight excluding hydrogens is 312 g/mol. The van der Waals surface area contributed by atoms with E-state index in [4.69, 9.17) is 23.4 Å². The highest BCUT2D eigenvalue weighted by atomic mass is 32.1. The predicted octanol–water partition coefficient (Wildman–Crippen LogP) is 1.51. The maximum atomic E-state index is 12.5. The van der Waals surface area contributed by atoms with Crippen molar-refractivity contribution in [3.63, 3.8) is 0 Å². The molecule has 1 aromatic carbocycles. The quantitative estimate of drug-likeness (QED) is 0.293. The van der Waals surface area contributed by atoms with E-state index in [9.17, 15) is 9.59 Å². The normalized spacial score (nSPS) is 16.0. The molecule has 0 saturated carbocycles. The van der Waals surface area contributed by atoms with Gasteiger partial charge in [-0.1, -0.05) is 30.2 Å². The van der Waals surface area contributed by atoms with Gasteiger partial charge in [0, 0.05) is 12.1 Å². The van der Waals surface area contributed by atoms with Crippen molar-refractivity contribution in [2.45, 2.75) is 0 Å². The lowest BCUT2D eigenvalue weighted by molar-refractivity contribution is -0.128. The van der Waals surface area contributed by atoms with E-state index in [0.29, 0.717) is 11.3 Å². The Kier molecular flexibility index (Phi) is 5.28. The maximum absolute atomic E-state index is 12.5. The van der Waals surface area contributed by atoms with Gasteiger partial charge in [0.15, 0.2) is 5.11 Å². The highest BCUT2D eigenvalue weighted by Crippen LogP contribution is 2.22. The maximum Gasteiger partial charge on any atom is 0.265 e. The molecule has 1 heterocycles. The fourth-order valence-corrected chi connectivity index (χ4v) is 2.25. The summed E-state index contributed by atoms with van der Waals surface area (Å²) in [4.78, 5) is 25.8. The van der Waals surface area contributed by atoms with E-state index in [-0.39, 0.29) is 23.8 Å². The average molecular weight is 326 g/mol. The zero-order valence-corrected chi connectivity index (χ0v) is 13.1. The molecule has 0 radical (unpaired) electrons. The topological polar surface area (TPSA) is 58.6 Å². The smallest absolute Gasteiger partial charge is 0.265 e. The Balaban J connectivity index is 2.39. The van der Waals surface area contributed by atoms with Gasteiger partial charge in [0.2, 0.25) is 0 Å². The number of thiocarbonyl (C=S) groups is 1. The van der Waals surface area contributed by atoms with Crippen LogP contribution in [0.4, 0.5) is 0 Å². The summed E-state index contributed by atoms with van der Waals surface area (Å²) in [5.74, 6) is 1.83. The van der Waals surface area contributed by atoms with Crippen molar-refractivity contribution >= 4 is 35.2 Å². The van der Waals surface area contributed by atoms with Gasteiger partial charge in [0.25, 0.3) is 11.8 Å². The van der Waals surface area contributed by atoms with Crippen LogP contribution in [0.3, 0.4) is 0 Å². The van der Waals surface area contributed by atoms with E-state index in [0.717, 1.165) is 0 Å². The van der Waals surface area contributed by atoms with Crippen LogP contribution in [0.15, 0.2) is 42.5 Å². The zero-order chi connectivity index (χ0) is 16.8. The number of carbonyl (C=O) groups excluding carboxylic acids is 2. The number of carbonyl (C=O) groups is 2. The van der Waals surface area contributed by atoms with E-state index < -0.39 is 11.8 Å². The van der Waals surface area contributed by atoms with E-state index in [2.05, 4.69) is 17.8 Å². The van der Waals surface area contributed by atoms with Crippen LogP contribution >= 0.6 is 12.2 Å². The third kappa shape index (κ3) is 3.65. The van der Waals surface area contributed by atoms with Gasteiger partial charge in [-0.3, -0.25) is 19.8 Å². The van der Waals surface area contributed by atoms with Gasteiger partial charge in [0.1, 0.15) is 17.9 Å². The lowest BCUT2D eigenvalue weighted by Gasteiger charge is -2.27. The first-order valence-corrected chi connectivity index (χ1v) is 7.14. The monoisotopic (exact) mass is 326 g/mol. The molecule has 1 aromatic rings. The molecule has 23 heavy (non-hydrogen) atoms. The second kappa shape index (κ2) is 7.38. The molecule has 1 saturated heterocycles. The van der Waals surface area contributed by atoms with Crippen molar-refractivity contribution in [2.75, 3.05) is 13.2 Å². The van der Waals surface area contributed by atoms with E-state index >= 15 is 0 Å². The summed E-state index contributed by atoms with van der Waals surface area (Å²) in [6.45, 7) is 3.88. The SMILES string of the molecule is C#CCOc1ccccc1C=C1C(=O)NC(=S)N(CC=C)C1=O. The Morgan fingerprint density at radius 1 is 1.39 bits per heavy atom. The number of ether oxygens (including phenoxy) is 1. The summed E-state index contributed by atoms with van der Waals surface area (Å²) in [5.41, 5.74) is 0.546. The zero-order valence-electron chi connectivity index (χ0n) is 12.2. The fourth-order valence-electron chi connectivity index (χ4n) is 2.00. The Morgan fingerprint density at radius 2 is 2.13 bits per heavy atom. The molecule has 1 N–H and O–H groups in total. The highest BCUT2D eigenvalue weighted by Gasteiger charge is 2.32. The number of hydrogen-bond donors (Lipinski definition) is 1. The summed E-state index contributed by atoms with van der Waals surface area (Å²) < 4.78 is 5.41. The summed E-state index contributed by atoms with van der Waals surface area (Å²) in [6.07, 6.45) is 8.17. The van der Waals surface area contributed by atoms with Crippen molar-refractivity contribution in [1.29, 1.82) is 0 Å². The molecule has 0 unspecified atom stereocenters. The summed E-state index contributed by atoms with van der Waals surface area (Å²) in [7, 11) is 0. The molecular formula is C17H14N2O3S. The number of amides is 2. The number of hydrogen-bond acceptors (Lipinski definition) is 4. The van der Waals surface area contributed by atoms with Crippen LogP contribution in [0.1, 0.15) is 5.56 Å². The molecule has 2 rings (SSSR count). The van der Waals surface area contributed by atoms with Crippen LogP contribution < -0.4 is 10.1 Å². The molecule has 116 valence electrons. The standard InChI is InChI=1S/C17H14N2O3S/c1-3-9-19-16(21)13(15(20)18-17(19)23)11-12-7-5-6-8-14(12)22-10-4-2/h2-3,5-8,11H,1,9-10H2,(H,18,20,23). The first-order valence-electron chi connectivity index (χ1n) is 6.73. The van der Waals surface area contributed by atoms with Crippen molar-refractivity contribution in [2.24, 2.45) is 0 Å². The van der Waals surface area contributed by atoms with Gasteiger partial charge in [0.05, 0.1) is 0 Å². The van der Waals surface area contributed by atoms with Gasteiger partial charge in [-0.2, -0.15) is 0 Å². The van der Waals surface area contributed by atoms with Gasteiger partial charge in [-0.05, 0) is 24.4 Å². The minimum absolute atomic E-state index is 0.0304. The van der Waals surface area contributed by atoms with E-state index in [1.165, 1.54) is 17.1 Å². The van der Waals surface area contributed by atoms with Gasteiger partial charge in [-0.25, -0.2) is 0 Å². The van der Waals surface area contributed by atoms with Gasteiger partial charge < -0.3 is 4.74 Å². The predicted molar refractivity (Wildman–Crippen MR) is 91.4 cm³/mol. The first kappa shape index (κ1) is 16.5. The number of rotatable bonds is 5. The molecule has 0 aliphatic carbocycles. The third-order valence-corrected chi connectivity index (χ3v) is 3.35. The van der Waals surface area contributed by atoms with Crippen LogP contribution in [-0.2, 0) is 9.59 Å². The van der Waals surface area contributed by atoms with Crippen molar-refractivity contribution in [3.8, 4) is 18.1 Å². The van der Waals surface area contributed by atoms with Crippen LogP contribution in [0, 0.1) is 12.3 Å². The second-order valence-electron chi connectivity index (χ2n) is 4.55.